The molecule has 0 bridgehead atoms. The number of hydrogen-bond acceptors (Lipinski definition) is 3. The summed E-state index contributed by atoms with van der Waals surface area (Å²) in [6, 6.07) is 15.5. The molecule has 2 aromatic carbocycles. The van der Waals surface area contributed by atoms with Gasteiger partial charge in [0, 0.05) is 15.7 Å². The van der Waals surface area contributed by atoms with Gasteiger partial charge in [-0.15, -0.1) is 18.2 Å². The number of hydrogen-bond donors (Lipinski definition) is 0. The van der Waals surface area contributed by atoms with E-state index in [4.69, 9.17) is 6.42 Å². The lowest BCUT2D eigenvalue weighted by Gasteiger charge is -2.05. The van der Waals surface area contributed by atoms with Gasteiger partial charge in [-0.05, 0) is 30.3 Å². The summed E-state index contributed by atoms with van der Waals surface area (Å²) in [5, 5.41) is 0.461. The number of carbonyl (C=O) groups excluding carboxylic acids is 1. The third kappa shape index (κ3) is 4.04. The molecular formula is C20H18N2OS2. The SMILES string of the molecule is C#CCn1c(=NC(=O)c2cccc(SC(C)C)c2)sc2ccccc21. The Balaban J connectivity index is 2.03. The van der Waals surface area contributed by atoms with Gasteiger partial charge in [0.05, 0.1) is 16.8 Å². The van der Waals surface area contributed by atoms with Gasteiger partial charge in [0.15, 0.2) is 4.80 Å². The van der Waals surface area contributed by atoms with E-state index in [1.165, 1.54) is 11.3 Å². The molecule has 0 atom stereocenters. The number of fused-ring (bicyclic) bond motifs is 1. The topological polar surface area (TPSA) is 34.4 Å². The van der Waals surface area contributed by atoms with Gasteiger partial charge in [-0.1, -0.05) is 49.3 Å². The maximum atomic E-state index is 12.7. The Labute approximate surface area is 155 Å². The third-order valence-corrected chi connectivity index (χ3v) is 5.54. The highest BCUT2D eigenvalue weighted by atomic mass is 32.2. The van der Waals surface area contributed by atoms with Crippen LogP contribution in [-0.2, 0) is 6.54 Å². The predicted octanol–water partition coefficient (Wildman–Crippen LogP) is 4.58. The number of thioether (sulfide) groups is 1. The second-order valence-corrected chi connectivity index (χ2v) is 8.41. The highest BCUT2D eigenvalue weighted by molar-refractivity contribution is 7.99. The Bertz CT molecular complexity index is 1020. The van der Waals surface area contributed by atoms with Crippen molar-refractivity contribution in [3.05, 3.63) is 58.9 Å². The lowest BCUT2D eigenvalue weighted by atomic mass is 10.2. The Kier molecular flexibility index (Phi) is 5.42. The fourth-order valence-electron chi connectivity index (χ4n) is 2.48. The molecule has 0 saturated heterocycles. The monoisotopic (exact) mass is 366 g/mol. The lowest BCUT2D eigenvalue weighted by molar-refractivity contribution is 0.0997. The van der Waals surface area contributed by atoms with E-state index >= 15 is 0 Å². The molecule has 126 valence electrons. The summed E-state index contributed by atoms with van der Waals surface area (Å²) in [7, 11) is 0. The number of thiazole rings is 1. The van der Waals surface area contributed by atoms with E-state index in [-0.39, 0.29) is 5.91 Å². The first-order chi connectivity index (χ1) is 12.1. The number of aromatic nitrogens is 1. The van der Waals surface area contributed by atoms with Crippen molar-refractivity contribution >= 4 is 39.2 Å². The van der Waals surface area contributed by atoms with E-state index in [2.05, 4.69) is 24.8 Å². The molecule has 3 nitrogen and oxygen atoms in total. The summed E-state index contributed by atoms with van der Waals surface area (Å²) in [5.41, 5.74) is 1.59. The van der Waals surface area contributed by atoms with Crippen LogP contribution in [0.4, 0.5) is 0 Å². The molecule has 0 aliphatic rings. The molecule has 1 heterocycles. The van der Waals surface area contributed by atoms with Crippen LogP contribution in [0.1, 0.15) is 24.2 Å². The van der Waals surface area contributed by atoms with Crippen LogP contribution in [0.2, 0.25) is 0 Å². The van der Waals surface area contributed by atoms with Crippen LogP contribution in [0, 0.1) is 12.3 Å². The van der Waals surface area contributed by atoms with Gasteiger partial charge in [-0.25, -0.2) is 0 Å². The summed E-state index contributed by atoms with van der Waals surface area (Å²) >= 11 is 3.20. The first-order valence-corrected chi connectivity index (χ1v) is 9.65. The highest BCUT2D eigenvalue weighted by Crippen LogP contribution is 2.24. The number of terminal acetylenes is 1. The number of amides is 1. The van der Waals surface area contributed by atoms with Crippen LogP contribution in [0.25, 0.3) is 10.2 Å². The normalized spacial score (nSPS) is 11.8. The predicted molar refractivity (Wildman–Crippen MR) is 106 cm³/mol. The summed E-state index contributed by atoms with van der Waals surface area (Å²) in [4.78, 5) is 18.7. The smallest absolute Gasteiger partial charge is 0.279 e. The van der Waals surface area contributed by atoms with E-state index in [1.807, 2.05) is 47.0 Å². The fourth-order valence-corrected chi connectivity index (χ4v) is 4.40. The lowest BCUT2D eigenvalue weighted by Crippen LogP contribution is -2.16. The average molecular weight is 367 g/mol. The minimum Gasteiger partial charge on any atom is -0.305 e. The van der Waals surface area contributed by atoms with Gasteiger partial charge < -0.3 is 4.57 Å². The molecule has 0 aliphatic heterocycles. The first-order valence-electron chi connectivity index (χ1n) is 7.96. The van der Waals surface area contributed by atoms with Crippen LogP contribution in [0.5, 0.6) is 0 Å². The summed E-state index contributed by atoms with van der Waals surface area (Å²) in [6.07, 6.45) is 5.49. The maximum absolute atomic E-state index is 12.7. The molecule has 3 aromatic rings. The van der Waals surface area contributed by atoms with E-state index < -0.39 is 0 Å². The van der Waals surface area contributed by atoms with Crippen LogP contribution in [0.3, 0.4) is 0 Å². The van der Waals surface area contributed by atoms with Crippen molar-refractivity contribution in [2.75, 3.05) is 0 Å². The van der Waals surface area contributed by atoms with Crippen LogP contribution in [-0.4, -0.2) is 15.7 Å². The van der Waals surface area contributed by atoms with Gasteiger partial charge in [-0.3, -0.25) is 4.79 Å². The molecular weight excluding hydrogens is 348 g/mol. The van der Waals surface area contributed by atoms with Gasteiger partial charge in [0.2, 0.25) is 0 Å². The maximum Gasteiger partial charge on any atom is 0.279 e. The zero-order chi connectivity index (χ0) is 17.8. The second-order valence-electron chi connectivity index (χ2n) is 5.75. The average Bonchev–Trinajstić information content (AvgIpc) is 2.92. The zero-order valence-electron chi connectivity index (χ0n) is 14.1. The molecule has 0 fully saturated rings. The summed E-state index contributed by atoms with van der Waals surface area (Å²) in [5.74, 6) is 2.39. The first kappa shape index (κ1) is 17.5. The molecule has 0 unspecified atom stereocenters. The van der Waals surface area contributed by atoms with Gasteiger partial charge in [0.1, 0.15) is 0 Å². The van der Waals surface area contributed by atoms with E-state index in [9.17, 15) is 4.79 Å². The molecule has 3 rings (SSSR count). The largest absolute Gasteiger partial charge is 0.305 e. The molecule has 0 radical (unpaired) electrons. The van der Waals surface area contributed by atoms with Gasteiger partial charge in [0.25, 0.3) is 5.91 Å². The quantitative estimate of drug-likeness (QED) is 0.500. The molecule has 0 saturated carbocycles. The van der Waals surface area contributed by atoms with Crippen LogP contribution >= 0.6 is 23.1 Å². The summed E-state index contributed by atoms with van der Waals surface area (Å²) < 4.78 is 2.97. The van der Waals surface area contributed by atoms with E-state index in [0.29, 0.717) is 22.2 Å². The van der Waals surface area contributed by atoms with Crippen molar-refractivity contribution in [3.63, 3.8) is 0 Å². The Morgan fingerprint density at radius 2 is 2.08 bits per heavy atom. The number of benzene rings is 2. The molecule has 0 spiro atoms. The number of nitrogens with zero attached hydrogens (tertiary/aromatic N) is 2. The molecule has 5 heteroatoms. The Morgan fingerprint density at radius 1 is 1.28 bits per heavy atom. The molecule has 25 heavy (non-hydrogen) atoms. The van der Waals surface area contributed by atoms with Crippen LogP contribution in [0.15, 0.2) is 58.4 Å². The standard InChI is InChI=1S/C20H18N2OS2/c1-4-12-22-17-10-5-6-11-18(17)25-20(22)21-19(23)15-8-7-9-16(13-15)24-14(2)3/h1,5-11,13-14H,12H2,2-3H3. The highest BCUT2D eigenvalue weighted by Gasteiger charge is 2.09. The Morgan fingerprint density at radius 3 is 2.84 bits per heavy atom. The zero-order valence-corrected chi connectivity index (χ0v) is 15.7. The van der Waals surface area contributed by atoms with Crippen molar-refractivity contribution in [2.24, 2.45) is 4.99 Å². The van der Waals surface area contributed by atoms with Gasteiger partial charge in [-0.2, -0.15) is 4.99 Å². The van der Waals surface area contributed by atoms with Crippen molar-refractivity contribution in [2.45, 2.75) is 30.5 Å². The summed E-state index contributed by atoms with van der Waals surface area (Å²) in [6.45, 7) is 4.65. The molecule has 0 aliphatic carbocycles. The van der Waals surface area contributed by atoms with E-state index in [0.717, 1.165) is 15.1 Å². The fraction of sp³-hybridized carbons (Fsp3) is 0.200. The minimum absolute atomic E-state index is 0.247. The minimum atomic E-state index is -0.247. The van der Waals surface area contributed by atoms with Crippen molar-refractivity contribution in [3.8, 4) is 12.3 Å². The second kappa shape index (κ2) is 7.73. The Hall–Kier alpha value is -2.29. The molecule has 0 N–H and O–H groups in total. The van der Waals surface area contributed by atoms with Crippen molar-refractivity contribution in [1.29, 1.82) is 0 Å². The van der Waals surface area contributed by atoms with E-state index in [1.54, 1.807) is 17.8 Å². The number of rotatable bonds is 4. The number of carbonyl (C=O) groups is 1. The van der Waals surface area contributed by atoms with Crippen LogP contribution < -0.4 is 4.80 Å². The molecule has 1 amide bonds. The van der Waals surface area contributed by atoms with Crippen molar-refractivity contribution in [1.82, 2.24) is 4.57 Å². The van der Waals surface area contributed by atoms with Gasteiger partial charge >= 0.3 is 0 Å². The molecule has 1 aromatic heterocycles. The van der Waals surface area contributed by atoms with Crippen molar-refractivity contribution < 1.29 is 4.79 Å². The number of para-hydroxylation sites is 1. The third-order valence-electron chi connectivity index (χ3n) is 3.49.